The molecular weight excluding hydrogens is 353 g/mol. The highest BCUT2D eigenvalue weighted by Gasteiger charge is 2.49. The molecule has 0 aromatic heterocycles. The third-order valence-corrected chi connectivity index (χ3v) is 4.94. The molecule has 0 aliphatic carbocycles. The molecule has 0 spiro atoms. The molecule has 0 radical (unpaired) electrons. The molecule has 150 valence electrons. The maximum atomic E-state index is 13.8. The molecule has 3 rings (SSSR count). The molecule has 2 unspecified atom stereocenters. The number of rotatable bonds is 3. The average molecular weight is 381 g/mol. The molecule has 1 amide bonds. The van der Waals surface area contributed by atoms with Gasteiger partial charge in [0.05, 0.1) is 38.0 Å². The minimum absolute atomic E-state index is 0.271. The average Bonchev–Trinajstić information content (AvgIpc) is 2.51. The van der Waals surface area contributed by atoms with E-state index in [9.17, 15) is 14.3 Å². The van der Waals surface area contributed by atoms with Crippen LogP contribution < -0.4 is 4.74 Å². The van der Waals surface area contributed by atoms with Crippen LogP contribution in [0.3, 0.4) is 0 Å². The van der Waals surface area contributed by atoms with Crippen LogP contribution in [0.4, 0.5) is 9.18 Å². The van der Waals surface area contributed by atoms with Gasteiger partial charge in [-0.2, -0.15) is 0 Å². The number of piperidine rings is 1. The van der Waals surface area contributed by atoms with Crippen molar-refractivity contribution in [3.63, 3.8) is 0 Å². The fraction of sp³-hybridized carbons (Fsp3) is 0.650. The summed E-state index contributed by atoms with van der Waals surface area (Å²) in [5.41, 5.74) is -0.965. The van der Waals surface area contributed by atoms with E-state index in [2.05, 4.69) is 0 Å². The van der Waals surface area contributed by atoms with Gasteiger partial charge in [-0.05, 0) is 51.3 Å². The Bertz CT molecular complexity index is 688. The van der Waals surface area contributed by atoms with Crippen LogP contribution in [0.2, 0.25) is 0 Å². The van der Waals surface area contributed by atoms with E-state index in [0.717, 1.165) is 0 Å². The Morgan fingerprint density at radius 1 is 1.30 bits per heavy atom. The van der Waals surface area contributed by atoms with Crippen molar-refractivity contribution in [2.75, 3.05) is 20.3 Å². The Labute approximate surface area is 159 Å². The highest BCUT2D eigenvalue weighted by atomic mass is 19.1. The number of carbonyl (C=O) groups is 1. The van der Waals surface area contributed by atoms with E-state index in [0.29, 0.717) is 37.4 Å². The van der Waals surface area contributed by atoms with Gasteiger partial charge in [0.2, 0.25) is 0 Å². The molecule has 0 saturated carbocycles. The van der Waals surface area contributed by atoms with Gasteiger partial charge in [0.25, 0.3) is 0 Å². The zero-order chi connectivity index (χ0) is 19.8. The third-order valence-electron chi connectivity index (χ3n) is 4.94. The highest BCUT2D eigenvalue weighted by Crippen LogP contribution is 2.38. The van der Waals surface area contributed by atoms with E-state index in [-0.39, 0.29) is 24.6 Å². The Balaban J connectivity index is 1.77. The first-order chi connectivity index (χ1) is 12.6. The minimum Gasteiger partial charge on any atom is -0.497 e. The maximum Gasteiger partial charge on any atom is 0.410 e. The standard InChI is InChI=1S/C20H28FNO5/c1-19(2,3)27-18(23)22-15-9-20(24,10-16(22)12-26-11-15)8-13-5-14(21)7-17(6-13)25-4/h5-7,15-16,24H,8-12H2,1-4H3. The van der Waals surface area contributed by atoms with Gasteiger partial charge >= 0.3 is 6.09 Å². The van der Waals surface area contributed by atoms with Gasteiger partial charge in [-0.3, -0.25) is 4.90 Å². The van der Waals surface area contributed by atoms with Crippen LogP contribution in [-0.4, -0.2) is 59.7 Å². The predicted molar refractivity (Wildman–Crippen MR) is 97.3 cm³/mol. The second-order valence-electron chi connectivity index (χ2n) is 8.54. The summed E-state index contributed by atoms with van der Waals surface area (Å²) in [6, 6.07) is 3.91. The van der Waals surface area contributed by atoms with Gasteiger partial charge in [0.1, 0.15) is 17.2 Å². The number of hydrogen-bond acceptors (Lipinski definition) is 5. The van der Waals surface area contributed by atoms with E-state index >= 15 is 0 Å². The van der Waals surface area contributed by atoms with Crippen molar-refractivity contribution in [2.24, 2.45) is 0 Å². The van der Waals surface area contributed by atoms with Gasteiger partial charge in [-0.15, -0.1) is 0 Å². The molecule has 2 heterocycles. The van der Waals surface area contributed by atoms with Gasteiger partial charge in [-0.25, -0.2) is 9.18 Å². The lowest BCUT2D eigenvalue weighted by Gasteiger charge is -2.51. The number of morpholine rings is 1. The van der Waals surface area contributed by atoms with Crippen LogP contribution in [0, 0.1) is 5.82 Å². The van der Waals surface area contributed by atoms with Crippen LogP contribution in [-0.2, 0) is 15.9 Å². The lowest BCUT2D eigenvalue weighted by atomic mass is 9.77. The van der Waals surface area contributed by atoms with Gasteiger partial charge in [0, 0.05) is 12.5 Å². The van der Waals surface area contributed by atoms with Crippen molar-refractivity contribution in [1.82, 2.24) is 4.90 Å². The Morgan fingerprint density at radius 2 is 1.93 bits per heavy atom. The maximum absolute atomic E-state index is 13.8. The number of benzene rings is 1. The van der Waals surface area contributed by atoms with E-state index in [1.54, 1.807) is 11.0 Å². The number of halogens is 1. The molecule has 1 aromatic carbocycles. The topological polar surface area (TPSA) is 68.2 Å². The summed E-state index contributed by atoms with van der Waals surface area (Å²) in [5, 5.41) is 11.2. The van der Waals surface area contributed by atoms with Crippen molar-refractivity contribution in [3.8, 4) is 5.75 Å². The molecule has 7 heteroatoms. The number of fused-ring (bicyclic) bond motifs is 2. The highest BCUT2D eigenvalue weighted by molar-refractivity contribution is 5.69. The molecule has 1 N–H and O–H groups in total. The van der Waals surface area contributed by atoms with Crippen LogP contribution >= 0.6 is 0 Å². The Kier molecular flexibility index (Phi) is 5.36. The number of methoxy groups -OCH3 is 1. The molecule has 2 saturated heterocycles. The van der Waals surface area contributed by atoms with Crippen molar-refractivity contribution in [3.05, 3.63) is 29.6 Å². The molecule has 27 heavy (non-hydrogen) atoms. The number of ether oxygens (including phenoxy) is 3. The predicted octanol–water partition coefficient (Wildman–Crippen LogP) is 2.91. The summed E-state index contributed by atoms with van der Waals surface area (Å²) in [6.07, 6.45) is 0.606. The number of amides is 1. The van der Waals surface area contributed by atoms with Crippen molar-refractivity contribution in [2.45, 2.75) is 63.3 Å². The number of aliphatic hydroxyl groups is 1. The van der Waals surface area contributed by atoms with Crippen molar-refractivity contribution < 1.29 is 28.5 Å². The molecule has 1 aromatic rings. The summed E-state index contributed by atoms with van der Waals surface area (Å²) in [4.78, 5) is 14.3. The smallest absolute Gasteiger partial charge is 0.410 e. The van der Waals surface area contributed by atoms with Gasteiger partial charge < -0.3 is 19.3 Å². The first-order valence-corrected chi connectivity index (χ1v) is 9.23. The number of hydrogen-bond donors (Lipinski definition) is 1. The minimum atomic E-state index is -1.05. The van der Waals surface area contributed by atoms with E-state index in [4.69, 9.17) is 14.2 Å². The molecule has 2 bridgehead atoms. The summed E-state index contributed by atoms with van der Waals surface area (Å²) in [6.45, 7) is 6.19. The van der Waals surface area contributed by atoms with E-state index in [1.165, 1.54) is 19.2 Å². The van der Waals surface area contributed by atoms with Crippen LogP contribution in [0.15, 0.2) is 18.2 Å². The Hall–Kier alpha value is -1.86. The van der Waals surface area contributed by atoms with Gasteiger partial charge in [-0.1, -0.05) is 0 Å². The zero-order valence-electron chi connectivity index (χ0n) is 16.3. The molecule has 2 aliphatic heterocycles. The lowest BCUT2D eigenvalue weighted by Crippen LogP contribution is -2.64. The summed E-state index contributed by atoms with van der Waals surface area (Å²) in [7, 11) is 1.48. The fourth-order valence-electron chi connectivity index (χ4n) is 4.05. The van der Waals surface area contributed by atoms with Crippen LogP contribution in [0.5, 0.6) is 5.75 Å². The largest absolute Gasteiger partial charge is 0.497 e. The van der Waals surface area contributed by atoms with E-state index < -0.39 is 17.0 Å². The first-order valence-electron chi connectivity index (χ1n) is 9.23. The summed E-state index contributed by atoms with van der Waals surface area (Å²) < 4.78 is 30.1. The quantitative estimate of drug-likeness (QED) is 0.872. The van der Waals surface area contributed by atoms with Crippen molar-refractivity contribution in [1.29, 1.82) is 0 Å². The molecular formula is C20H28FNO5. The molecule has 6 nitrogen and oxygen atoms in total. The van der Waals surface area contributed by atoms with Gasteiger partial charge in [0.15, 0.2) is 0 Å². The molecule has 2 atom stereocenters. The Morgan fingerprint density at radius 3 is 2.48 bits per heavy atom. The summed E-state index contributed by atoms with van der Waals surface area (Å²) >= 11 is 0. The number of nitrogens with zero attached hydrogens (tertiary/aromatic N) is 1. The lowest BCUT2D eigenvalue weighted by molar-refractivity contribution is -0.137. The zero-order valence-corrected chi connectivity index (χ0v) is 16.3. The monoisotopic (exact) mass is 381 g/mol. The molecule has 2 aliphatic rings. The normalized spacial score (nSPS) is 28.0. The SMILES string of the molecule is COc1cc(F)cc(CC2(O)CC3COCC(C2)N3C(=O)OC(C)(C)C)c1. The first kappa shape index (κ1) is 19.9. The second-order valence-corrected chi connectivity index (χ2v) is 8.54. The van der Waals surface area contributed by atoms with Crippen LogP contribution in [0.1, 0.15) is 39.2 Å². The van der Waals surface area contributed by atoms with E-state index in [1.807, 2.05) is 20.8 Å². The molecule has 2 fully saturated rings. The summed E-state index contributed by atoms with van der Waals surface area (Å²) in [5.74, 6) is 0.0194. The number of carbonyl (C=O) groups excluding carboxylic acids is 1. The fourth-order valence-corrected chi connectivity index (χ4v) is 4.05. The van der Waals surface area contributed by atoms with Crippen LogP contribution in [0.25, 0.3) is 0 Å². The van der Waals surface area contributed by atoms with Crippen molar-refractivity contribution >= 4 is 6.09 Å². The third kappa shape index (κ3) is 4.71. The second kappa shape index (κ2) is 7.28.